The smallest absolute Gasteiger partial charge is 0.228 e. The zero-order chi connectivity index (χ0) is 21.0. The van der Waals surface area contributed by atoms with Crippen molar-refractivity contribution in [2.24, 2.45) is 17.6 Å². The molecule has 1 aromatic heterocycles. The maximum atomic E-state index is 12.9. The van der Waals surface area contributed by atoms with Crippen LogP contribution in [0.15, 0.2) is 41.7 Å². The molecule has 0 spiro atoms. The predicted octanol–water partition coefficient (Wildman–Crippen LogP) is 2.06. The first-order valence-electron chi connectivity index (χ1n) is 10.1. The molecule has 1 atom stereocenters. The fourth-order valence-electron chi connectivity index (χ4n) is 3.88. The van der Waals surface area contributed by atoms with Gasteiger partial charge in [-0.25, -0.2) is 13.4 Å². The second-order valence-corrected chi connectivity index (χ2v) is 10.2. The second kappa shape index (κ2) is 9.09. The van der Waals surface area contributed by atoms with Gasteiger partial charge < -0.3 is 10.3 Å². The summed E-state index contributed by atoms with van der Waals surface area (Å²) in [7, 11) is -3.50. The number of hydrogen-bond donors (Lipinski definition) is 1. The standard InChI is InChI=1S/C21H30N4O3S/c1-16(2)15-29(27,28)21-23-11-19(25(21)12-17-7-4-3-5-8-17)14-24-10-6-9-18(13-24)20(22)26/h3-5,7-8,11,16,18H,6,9-10,12-15H2,1-2H3,(H2,22,26)/t18-/m0/s1. The van der Waals surface area contributed by atoms with E-state index in [2.05, 4.69) is 9.88 Å². The first-order valence-corrected chi connectivity index (χ1v) is 11.7. The van der Waals surface area contributed by atoms with Gasteiger partial charge in [0.2, 0.25) is 20.9 Å². The Labute approximate surface area is 172 Å². The molecule has 2 heterocycles. The number of imidazole rings is 1. The molecule has 158 valence electrons. The molecule has 2 N–H and O–H groups in total. The molecule has 2 aromatic rings. The van der Waals surface area contributed by atoms with Crippen molar-refractivity contribution in [3.8, 4) is 0 Å². The zero-order valence-corrected chi connectivity index (χ0v) is 17.9. The van der Waals surface area contributed by atoms with Gasteiger partial charge in [-0.1, -0.05) is 44.2 Å². The highest BCUT2D eigenvalue weighted by atomic mass is 32.2. The summed E-state index contributed by atoms with van der Waals surface area (Å²) in [4.78, 5) is 18.1. The second-order valence-electron chi connectivity index (χ2n) is 8.26. The van der Waals surface area contributed by atoms with Crippen LogP contribution >= 0.6 is 0 Å². The summed E-state index contributed by atoms with van der Waals surface area (Å²) in [5.74, 6) is -0.346. The minimum atomic E-state index is -3.50. The minimum absolute atomic E-state index is 0.0174. The summed E-state index contributed by atoms with van der Waals surface area (Å²) in [6.45, 7) is 6.21. The van der Waals surface area contributed by atoms with Crippen LogP contribution in [-0.4, -0.2) is 47.6 Å². The fraction of sp³-hybridized carbons (Fsp3) is 0.524. The number of amides is 1. The number of primary amides is 1. The Bertz CT molecular complexity index is 938. The number of benzene rings is 1. The van der Waals surface area contributed by atoms with Crippen molar-refractivity contribution in [1.29, 1.82) is 0 Å². The van der Waals surface area contributed by atoms with E-state index in [-0.39, 0.29) is 28.7 Å². The molecule has 1 amide bonds. The van der Waals surface area contributed by atoms with E-state index < -0.39 is 9.84 Å². The summed E-state index contributed by atoms with van der Waals surface area (Å²) in [6.07, 6.45) is 3.37. The molecule has 1 fully saturated rings. The van der Waals surface area contributed by atoms with Crippen LogP contribution in [0.3, 0.4) is 0 Å². The number of likely N-dealkylation sites (tertiary alicyclic amines) is 1. The number of piperidine rings is 1. The third-order valence-electron chi connectivity index (χ3n) is 5.21. The van der Waals surface area contributed by atoms with E-state index in [9.17, 15) is 13.2 Å². The number of sulfone groups is 1. The summed E-state index contributed by atoms with van der Waals surface area (Å²) in [5, 5.41) is 0.119. The van der Waals surface area contributed by atoms with E-state index >= 15 is 0 Å². The molecular weight excluding hydrogens is 388 g/mol. The molecule has 29 heavy (non-hydrogen) atoms. The monoisotopic (exact) mass is 418 g/mol. The number of aromatic nitrogens is 2. The average molecular weight is 419 g/mol. The third-order valence-corrected chi connectivity index (χ3v) is 7.20. The Balaban J connectivity index is 1.91. The van der Waals surface area contributed by atoms with Gasteiger partial charge in [-0.3, -0.25) is 9.69 Å². The van der Waals surface area contributed by atoms with Gasteiger partial charge in [-0.05, 0) is 30.9 Å². The van der Waals surface area contributed by atoms with Gasteiger partial charge in [0.05, 0.1) is 30.1 Å². The number of nitrogens with zero attached hydrogens (tertiary/aromatic N) is 3. The van der Waals surface area contributed by atoms with Crippen molar-refractivity contribution in [3.05, 3.63) is 47.8 Å². The van der Waals surface area contributed by atoms with Crippen LogP contribution in [0.25, 0.3) is 0 Å². The quantitative estimate of drug-likeness (QED) is 0.707. The third kappa shape index (κ3) is 5.45. The lowest BCUT2D eigenvalue weighted by Crippen LogP contribution is -2.41. The van der Waals surface area contributed by atoms with Crippen LogP contribution in [0, 0.1) is 11.8 Å². The van der Waals surface area contributed by atoms with Crippen molar-refractivity contribution in [2.75, 3.05) is 18.8 Å². The van der Waals surface area contributed by atoms with Gasteiger partial charge in [0.15, 0.2) is 0 Å². The minimum Gasteiger partial charge on any atom is -0.369 e. The van der Waals surface area contributed by atoms with Gasteiger partial charge in [0, 0.05) is 13.1 Å². The van der Waals surface area contributed by atoms with Crippen LogP contribution in [0.2, 0.25) is 0 Å². The van der Waals surface area contributed by atoms with E-state index in [1.807, 2.05) is 44.2 Å². The highest BCUT2D eigenvalue weighted by Gasteiger charge is 2.28. The molecule has 0 radical (unpaired) electrons. The van der Waals surface area contributed by atoms with E-state index in [1.54, 1.807) is 10.8 Å². The van der Waals surface area contributed by atoms with Crippen LogP contribution in [0.4, 0.5) is 0 Å². The summed E-state index contributed by atoms with van der Waals surface area (Å²) < 4.78 is 27.7. The number of carbonyl (C=O) groups excluding carboxylic acids is 1. The Morgan fingerprint density at radius 2 is 1.97 bits per heavy atom. The van der Waals surface area contributed by atoms with Crippen LogP contribution < -0.4 is 5.73 Å². The first-order chi connectivity index (χ1) is 13.8. The van der Waals surface area contributed by atoms with Crippen LogP contribution in [-0.2, 0) is 27.7 Å². The molecule has 0 bridgehead atoms. The zero-order valence-electron chi connectivity index (χ0n) is 17.1. The molecule has 7 nitrogen and oxygen atoms in total. The maximum absolute atomic E-state index is 12.9. The predicted molar refractivity (Wildman–Crippen MR) is 112 cm³/mol. The molecule has 1 aliphatic rings. The molecule has 0 aliphatic carbocycles. The average Bonchev–Trinajstić information content (AvgIpc) is 3.05. The molecule has 3 rings (SSSR count). The molecule has 8 heteroatoms. The van der Waals surface area contributed by atoms with Gasteiger partial charge in [0.25, 0.3) is 0 Å². The molecular formula is C21H30N4O3S. The molecule has 0 saturated carbocycles. The lowest BCUT2D eigenvalue weighted by molar-refractivity contribution is -0.123. The largest absolute Gasteiger partial charge is 0.369 e. The first kappa shape index (κ1) is 21.5. The van der Waals surface area contributed by atoms with Crippen molar-refractivity contribution in [2.45, 2.75) is 44.9 Å². The van der Waals surface area contributed by atoms with Crippen molar-refractivity contribution >= 4 is 15.7 Å². The Kier molecular flexibility index (Phi) is 6.74. The Morgan fingerprint density at radius 3 is 2.62 bits per heavy atom. The highest BCUT2D eigenvalue weighted by molar-refractivity contribution is 7.91. The molecule has 1 aromatic carbocycles. The van der Waals surface area contributed by atoms with Crippen molar-refractivity contribution < 1.29 is 13.2 Å². The van der Waals surface area contributed by atoms with Gasteiger partial charge in [-0.15, -0.1) is 0 Å². The molecule has 0 unspecified atom stereocenters. The Morgan fingerprint density at radius 1 is 1.24 bits per heavy atom. The SMILES string of the molecule is CC(C)CS(=O)(=O)c1ncc(CN2CCC[C@H](C(N)=O)C2)n1Cc1ccccc1. The normalized spacial score (nSPS) is 18.2. The number of carbonyl (C=O) groups is 1. The van der Waals surface area contributed by atoms with E-state index in [0.29, 0.717) is 19.6 Å². The number of nitrogens with two attached hydrogens (primary N) is 1. The number of hydrogen-bond acceptors (Lipinski definition) is 5. The topological polar surface area (TPSA) is 98.3 Å². The summed E-state index contributed by atoms with van der Waals surface area (Å²) in [6, 6.07) is 9.78. The number of rotatable bonds is 8. The van der Waals surface area contributed by atoms with Gasteiger partial charge >= 0.3 is 0 Å². The summed E-state index contributed by atoms with van der Waals surface area (Å²) in [5.41, 5.74) is 7.35. The van der Waals surface area contributed by atoms with Crippen molar-refractivity contribution in [3.63, 3.8) is 0 Å². The van der Waals surface area contributed by atoms with E-state index in [1.165, 1.54) is 0 Å². The van der Waals surface area contributed by atoms with Gasteiger partial charge in [0.1, 0.15) is 0 Å². The van der Waals surface area contributed by atoms with E-state index in [4.69, 9.17) is 5.73 Å². The molecule has 1 saturated heterocycles. The lowest BCUT2D eigenvalue weighted by Gasteiger charge is -2.31. The Hall–Kier alpha value is -2.19. The maximum Gasteiger partial charge on any atom is 0.228 e. The highest BCUT2D eigenvalue weighted by Crippen LogP contribution is 2.22. The van der Waals surface area contributed by atoms with Crippen LogP contribution in [0.5, 0.6) is 0 Å². The lowest BCUT2D eigenvalue weighted by atomic mass is 9.97. The molecule has 1 aliphatic heterocycles. The fourth-order valence-corrected chi connectivity index (χ4v) is 5.63. The van der Waals surface area contributed by atoms with Crippen LogP contribution in [0.1, 0.15) is 37.9 Å². The van der Waals surface area contributed by atoms with E-state index in [0.717, 1.165) is 30.6 Å². The van der Waals surface area contributed by atoms with Gasteiger partial charge in [-0.2, -0.15) is 0 Å². The van der Waals surface area contributed by atoms with Crippen molar-refractivity contribution in [1.82, 2.24) is 14.5 Å². The summed E-state index contributed by atoms with van der Waals surface area (Å²) >= 11 is 0.